The third-order valence-corrected chi connectivity index (χ3v) is 6.57. The molecule has 5 nitrogen and oxygen atoms in total. The molecule has 2 aromatic rings. The highest BCUT2D eigenvalue weighted by Crippen LogP contribution is 2.34. The topological polar surface area (TPSA) is 83.6 Å². The van der Waals surface area contributed by atoms with Crippen molar-refractivity contribution < 1.29 is 13.5 Å². The lowest BCUT2D eigenvalue weighted by molar-refractivity contribution is -0.0281. The molecule has 6 heteroatoms. The van der Waals surface area contributed by atoms with E-state index in [1.165, 1.54) is 4.31 Å². The average molecular weight is 346 g/mol. The zero-order valence-electron chi connectivity index (χ0n) is 13.6. The van der Waals surface area contributed by atoms with Gasteiger partial charge in [-0.25, -0.2) is 8.42 Å². The number of hydrogen-bond acceptors (Lipinski definition) is 4. The number of aryl methyl sites for hydroxylation is 1. The molecular weight excluding hydrogens is 324 g/mol. The highest BCUT2D eigenvalue weighted by atomic mass is 32.2. The quantitative estimate of drug-likeness (QED) is 0.884. The summed E-state index contributed by atoms with van der Waals surface area (Å²) in [4.78, 5) is 0.255. The van der Waals surface area contributed by atoms with Gasteiger partial charge in [0, 0.05) is 13.1 Å². The normalized spacial score (nSPS) is 25.5. The summed E-state index contributed by atoms with van der Waals surface area (Å²) in [7, 11) is -3.60. The van der Waals surface area contributed by atoms with Crippen molar-refractivity contribution in [3.05, 3.63) is 65.7 Å². The van der Waals surface area contributed by atoms with Crippen LogP contribution in [-0.2, 0) is 15.6 Å². The van der Waals surface area contributed by atoms with Crippen LogP contribution in [0.4, 0.5) is 0 Å². The molecule has 1 fully saturated rings. The van der Waals surface area contributed by atoms with Crippen LogP contribution < -0.4 is 5.73 Å². The maximum atomic E-state index is 12.8. The van der Waals surface area contributed by atoms with Gasteiger partial charge in [0.15, 0.2) is 0 Å². The van der Waals surface area contributed by atoms with Crippen LogP contribution in [0.2, 0.25) is 0 Å². The van der Waals surface area contributed by atoms with Crippen molar-refractivity contribution in [3.63, 3.8) is 0 Å². The van der Waals surface area contributed by atoms with Crippen molar-refractivity contribution in [3.8, 4) is 0 Å². The molecule has 0 radical (unpaired) electrons. The highest BCUT2D eigenvalue weighted by molar-refractivity contribution is 7.89. The van der Waals surface area contributed by atoms with Crippen LogP contribution in [0.15, 0.2) is 59.5 Å². The Bertz CT molecular complexity index is 806. The van der Waals surface area contributed by atoms with Crippen molar-refractivity contribution >= 4 is 10.0 Å². The van der Waals surface area contributed by atoms with E-state index in [4.69, 9.17) is 5.73 Å². The molecule has 24 heavy (non-hydrogen) atoms. The van der Waals surface area contributed by atoms with Gasteiger partial charge >= 0.3 is 0 Å². The minimum atomic E-state index is -3.60. The number of benzene rings is 2. The molecule has 2 atom stereocenters. The van der Waals surface area contributed by atoms with Crippen molar-refractivity contribution in [2.24, 2.45) is 5.73 Å². The Morgan fingerprint density at radius 2 is 1.75 bits per heavy atom. The predicted octanol–water partition coefficient (Wildman–Crippen LogP) is 1.60. The van der Waals surface area contributed by atoms with Crippen LogP contribution in [0, 0.1) is 6.92 Å². The molecule has 0 bridgehead atoms. The van der Waals surface area contributed by atoms with Crippen molar-refractivity contribution in [1.82, 2.24) is 4.31 Å². The van der Waals surface area contributed by atoms with E-state index in [0.717, 1.165) is 11.1 Å². The third kappa shape index (κ3) is 2.98. The molecule has 0 amide bonds. The Balaban J connectivity index is 1.84. The van der Waals surface area contributed by atoms with Gasteiger partial charge in [0.05, 0.1) is 10.9 Å². The summed E-state index contributed by atoms with van der Waals surface area (Å²) in [6, 6.07) is 15.3. The summed E-state index contributed by atoms with van der Waals surface area (Å²) in [6.45, 7) is 2.23. The van der Waals surface area contributed by atoms with E-state index in [0.29, 0.717) is 0 Å². The van der Waals surface area contributed by atoms with E-state index >= 15 is 0 Å². The van der Waals surface area contributed by atoms with Crippen LogP contribution in [-0.4, -0.2) is 37.0 Å². The van der Waals surface area contributed by atoms with E-state index < -0.39 is 21.7 Å². The average Bonchev–Trinajstić information content (AvgIpc) is 2.58. The lowest BCUT2D eigenvalue weighted by atomic mass is 9.81. The molecule has 128 valence electrons. The zero-order chi connectivity index (χ0) is 17.4. The monoisotopic (exact) mass is 346 g/mol. The van der Waals surface area contributed by atoms with Gasteiger partial charge < -0.3 is 10.8 Å². The molecule has 1 saturated heterocycles. The smallest absolute Gasteiger partial charge is 0.243 e. The van der Waals surface area contributed by atoms with E-state index in [9.17, 15) is 13.5 Å². The van der Waals surface area contributed by atoms with Crippen LogP contribution >= 0.6 is 0 Å². The van der Waals surface area contributed by atoms with E-state index in [1.54, 1.807) is 24.3 Å². The minimum absolute atomic E-state index is 0.0849. The van der Waals surface area contributed by atoms with E-state index in [-0.39, 0.29) is 24.4 Å². The lowest BCUT2D eigenvalue weighted by Gasteiger charge is -2.42. The summed E-state index contributed by atoms with van der Waals surface area (Å²) >= 11 is 0. The maximum absolute atomic E-state index is 12.8. The summed E-state index contributed by atoms with van der Waals surface area (Å²) < 4.78 is 26.9. The summed E-state index contributed by atoms with van der Waals surface area (Å²) in [6.07, 6.45) is 0.267. The standard InChI is InChI=1S/C18H22N2O3S/c1-14-7-9-16(10-8-14)24(22,23)20-12-11-18(21,17(19)13-20)15-5-3-2-4-6-15/h2-10,17,21H,11-13,19H2,1H3/t17-,18+/m0/s1. The Morgan fingerprint density at radius 3 is 2.33 bits per heavy atom. The zero-order valence-corrected chi connectivity index (χ0v) is 14.4. The van der Waals surface area contributed by atoms with Crippen molar-refractivity contribution in [1.29, 1.82) is 0 Å². The fourth-order valence-electron chi connectivity index (χ4n) is 3.11. The first kappa shape index (κ1) is 17.1. The van der Waals surface area contributed by atoms with Crippen molar-refractivity contribution in [2.75, 3.05) is 13.1 Å². The first-order chi connectivity index (χ1) is 11.3. The molecule has 0 saturated carbocycles. The Hall–Kier alpha value is -1.73. The number of aliphatic hydroxyl groups is 1. The molecule has 3 N–H and O–H groups in total. The fourth-order valence-corrected chi connectivity index (χ4v) is 4.57. The van der Waals surface area contributed by atoms with Gasteiger partial charge in [0.25, 0.3) is 0 Å². The third-order valence-electron chi connectivity index (χ3n) is 4.69. The Morgan fingerprint density at radius 1 is 1.12 bits per heavy atom. The van der Waals surface area contributed by atoms with E-state index in [1.807, 2.05) is 37.3 Å². The number of hydrogen-bond donors (Lipinski definition) is 2. The van der Waals surface area contributed by atoms with Crippen LogP contribution in [0.5, 0.6) is 0 Å². The summed E-state index contributed by atoms with van der Waals surface area (Å²) in [5, 5.41) is 11.0. The molecule has 1 aliphatic rings. The molecule has 0 unspecified atom stereocenters. The molecular formula is C18H22N2O3S. The van der Waals surface area contributed by atoms with Gasteiger partial charge in [0.1, 0.15) is 5.60 Å². The van der Waals surface area contributed by atoms with Gasteiger partial charge in [-0.05, 0) is 31.0 Å². The molecule has 3 rings (SSSR count). The van der Waals surface area contributed by atoms with Gasteiger partial charge in [0.2, 0.25) is 10.0 Å². The highest BCUT2D eigenvalue weighted by Gasteiger charge is 2.44. The lowest BCUT2D eigenvalue weighted by Crippen LogP contribution is -2.58. The number of rotatable bonds is 3. The fraction of sp³-hybridized carbons (Fsp3) is 0.333. The molecule has 1 aliphatic heterocycles. The first-order valence-electron chi connectivity index (χ1n) is 7.94. The van der Waals surface area contributed by atoms with Gasteiger partial charge in [-0.1, -0.05) is 48.0 Å². The largest absolute Gasteiger partial charge is 0.383 e. The van der Waals surface area contributed by atoms with E-state index in [2.05, 4.69) is 0 Å². The molecule has 1 heterocycles. The predicted molar refractivity (Wildman–Crippen MR) is 92.9 cm³/mol. The Kier molecular flexibility index (Phi) is 4.48. The molecule has 0 aliphatic carbocycles. The number of sulfonamides is 1. The number of nitrogens with zero attached hydrogens (tertiary/aromatic N) is 1. The maximum Gasteiger partial charge on any atom is 0.243 e. The molecule has 0 aromatic heterocycles. The van der Waals surface area contributed by atoms with Crippen LogP contribution in [0.25, 0.3) is 0 Å². The number of nitrogens with two attached hydrogens (primary N) is 1. The molecule has 2 aromatic carbocycles. The first-order valence-corrected chi connectivity index (χ1v) is 9.38. The number of piperidine rings is 1. The molecule has 0 spiro atoms. The minimum Gasteiger partial charge on any atom is -0.383 e. The van der Waals surface area contributed by atoms with Gasteiger partial charge in [-0.2, -0.15) is 4.31 Å². The second-order valence-electron chi connectivity index (χ2n) is 6.32. The van der Waals surface area contributed by atoms with Gasteiger partial charge in [-0.15, -0.1) is 0 Å². The van der Waals surface area contributed by atoms with Gasteiger partial charge in [-0.3, -0.25) is 0 Å². The second kappa shape index (κ2) is 6.29. The summed E-state index contributed by atoms with van der Waals surface area (Å²) in [5.74, 6) is 0. The SMILES string of the molecule is Cc1ccc(S(=O)(=O)N2CC[C@@](O)(c3ccccc3)[C@@H](N)C2)cc1. The summed E-state index contributed by atoms with van der Waals surface area (Å²) in [5.41, 5.74) is 6.70. The second-order valence-corrected chi connectivity index (χ2v) is 8.26. The van der Waals surface area contributed by atoms with Crippen LogP contribution in [0.1, 0.15) is 17.5 Å². The van der Waals surface area contributed by atoms with Crippen LogP contribution in [0.3, 0.4) is 0 Å². The van der Waals surface area contributed by atoms with Crippen molar-refractivity contribution in [2.45, 2.75) is 29.9 Å². The Labute approximate surface area is 142 Å².